The minimum absolute atomic E-state index is 0. The van der Waals surface area contributed by atoms with Crippen molar-refractivity contribution in [3.63, 3.8) is 0 Å². The van der Waals surface area contributed by atoms with Gasteiger partial charge in [0.2, 0.25) is 0 Å². The first kappa shape index (κ1) is 19.2. The van der Waals surface area contributed by atoms with E-state index in [1.165, 1.54) is 57.8 Å². The molecule has 0 unspecified atom stereocenters. The Balaban J connectivity index is 0. The van der Waals surface area contributed by atoms with Crippen LogP contribution < -0.4 is 6.15 Å². The molecular weight excluding hydrogens is 212 g/mol. The van der Waals surface area contributed by atoms with Crippen molar-refractivity contribution in [3.05, 3.63) is 5.21 Å². The highest BCUT2D eigenvalue weighted by atomic mass is 16.5. The quantitative estimate of drug-likeness (QED) is 0.328. The van der Waals surface area contributed by atoms with Crippen molar-refractivity contribution in [1.29, 1.82) is 0 Å². The highest BCUT2D eigenvalue weighted by Gasteiger charge is 2.00. The average Bonchev–Trinajstić information content (AvgIpc) is 2.19. The predicted octanol–water partition coefficient (Wildman–Crippen LogP) is 4.64. The fraction of sp³-hybridized carbons (Fsp3) is 1.00. The molecule has 3 N–H and O–H groups in total. The number of hydroxylamine groups is 3. The molecule has 0 aromatic carbocycles. The van der Waals surface area contributed by atoms with Crippen LogP contribution in [0.5, 0.6) is 0 Å². The lowest BCUT2D eigenvalue weighted by Crippen LogP contribution is -2.32. The third-order valence-corrected chi connectivity index (χ3v) is 3.05. The molecule has 0 bridgehead atoms. The summed E-state index contributed by atoms with van der Waals surface area (Å²) in [5.74, 6) is 0. The second kappa shape index (κ2) is 12.3. The Morgan fingerprint density at radius 1 is 0.706 bits per heavy atom. The molecule has 0 heterocycles. The Labute approximate surface area is 108 Å². The Hall–Kier alpha value is -0.120. The van der Waals surface area contributed by atoms with Gasteiger partial charge in [0.1, 0.15) is 0 Å². The second-order valence-corrected chi connectivity index (χ2v) is 5.48. The lowest BCUT2D eigenvalue weighted by atomic mass is 10.1. The predicted molar refractivity (Wildman–Crippen MR) is 77.2 cm³/mol. The first-order valence-electron chi connectivity index (χ1n) is 7.10. The van der Waals surface area contributed by atoms with E-state index in [0.717, 1.165) is 13.0 Å². The second-order valence-electron chi connectivity index (χ2n) is 5.48. The first-order chi connectivity index (χ1) is 7.56. The molecular formula is C14H34N2O. The number of unbranched alkanes of at least 4 members (excludes halogenated alkanes) is 9. The van der Waals surface area contributed by atoms with Gasteiger partial charge in [0.25, 0.3) is 0 Å². The molecule has 17 heavy (non-hydrogen) atoms. The van der Waals surface area contributed by atoms with Gasteiger partial charge in [-0.2, -0.15) is 0 Å². The zero-order valence-electron chi connectivity index (χ0n) is 12.3. The summed E-state index contributed by atoms with van der Waals surface area (Å²) in [4.78, 5) is 0. The van der Waals surface area contributed by atoms with Gasteiger partial charge in [-0.1, -0.05) is 58.3 Å². The zero-order valence-corrected chi connectivity index (χ0v) is 12.3. The van der Waals surface area contributed by atoms with Crippen molar-refractivity contribution in [2.24, 2.45) is 0 Å². The minimum Gasteiger partial charge on any atom is -0.633 e. The fourth-order valence-corrected chi connectivity index (χ4v) is 1.98. The molecule has 0 rings (SSSR count). The Morgan fingerprint density at radius 3 is 1.41 bits per heavy atom. The molecule has 0 saturated carbocycles. The highest BCUT2D eigenvalue weighted by Crippen LogP contribution is 2.11. The standard InChI is InChI=1S/C14H31NO.H3N/c1-4-5-6-7-8-9-10-11-12-13-14-15(2,3)16;/h4-14H2,1-3H3;1H3. The molecule has 3 heteroatoms. The molecule has 106 valence electrons. The van der Waals surface area contributed by atoms with Gasteiger partial charge >= 0.3 is 0 Å². The molecule has 0 aliphatic carbocycles. The van der Waals surface area contributed by atoms with E-state index in [-0.39, 0.29) is 10.8 Å². The van der Waals surface area contributed by atoms with Crippen LogP contribution in [0.15, 0.2) is 0 Å². The van der Waals surface area contributed by atoms with E-state index in [9.17, 15) is 5.21 Å². The van der Waals surface area contributed by atoms with Crippen molar-refractivity contribution in [2.75, 3.05) is 20.6 Å². The van der Waals surface area contributed by atoms with Crippen molar-refractivity contribution in [2.45, 2.75) is 71.1 Å². The van der Waals surface area contributed by atoms with E-state index < -0.39 is 0 Å². The van der Waals surface area contributed by atoms with Gasteiger partial charge in [0.15, 0.2) is 0 Å². The SMILES string of the molecule is CCCCCCCCCCCC[N+](C)(C)[O-].N. The number of hydrogen-bond donors (Lipinski definition) is 1. The summed E-state index contributed by atoms with van der Waals surface area (Å²) in [7, 11) is 3.46. The molecule has 0 saturated heterocycles. The maximum Gasteiger partial charge on any atom is 0.0779 e. The molecule has 3 nitrogen and oxygen atoms in total. The summed E-state index contributed by atoms with van der Waals surface area (Å²) in [6.07, 6.45) is 13.4. The maximum absolute atomic E-state index is 11.3. The van der Waals surface area contributed by atoms with Gasteiger partial charge in [-0.05, 0) is 12.8 Å². The van der Waals surface area contributed by atoms with Crippen LogP contribution in [-0.4, -0.2) is 25.3 Å². The molecule has 0 radical (unpaired) electrons. The molecule has 0 fully saturated rings. The van der Waals surface area contributed by atoms with Crippen molar-refractivity contribution >= 4 is 0 Å². The maximum atomic E-state index is 11.3. The van der Waals surface area contributed by atoms with Gasteiger partial charge in [0, 0.05) is 0 Å². The molecule has 0 aliphatic heterocycles. The van der Waals surface area contributed by atoms with E-state index >= 15 is 0 Å². The van der Waals surface area contributed by atoms with E-state index in [1.54, 1.807) is 14.1 Å². The third-order valence-electron chi connectivity index (χ3n) is 3.05. The fourth-order valence-electron chi connectivity index (χ4n) is 1.98. The first-order valence-corrected chi connectivity index (χ1v) is 7.10. The summed E-state index contributed by atoms with van der Waals surface area (Å²) in [6.45, 7) is 3.03. The number of quaternary nitrogens is 1. The lowest BCUT2D eigenvalue weighted by Gasteiger charge is -2.33. The summed E-state index contributed by atoms with van der Waals surface area (Å²) in [5, 5.41) is 11.3. The van der Waals surface area contributed by atoms with Gasteiger partial charge in [0.05, 0.1) is 20.6 Å². The summed E-state index contributed by atoms with van der Waals surface area (Å²) < 4.78 is -0.128. The van der Waals surface area contributed by atoms with Crippen LogP contribution in [0.4, 0.5) is 0 Å². The van der Waals surface area contributed by atoms with Crippen LogP contribution in [0.25, 0.3) is 0 Å². The Kier molecular flexibility index (Phi) is 14.0. The van der Waals surface area contributed by atoms with E-state index in [1.807, 2.05) is 0 Å². The van der Waals surface area contributed by atoms with Gasteiger partial charge < -0.3 is 16.0 Å². The minimum atomic E-state index is -0.128. The zero-order chi connectivity index (χ0) is 12.3. The summed E-state index contributed by atoms with van der Waals surface area (Å²) >= 11 is 0. The van der Waals surface area contributed by atoms with E-state index in [2.05, 4.69) is 6.92 Å². The highest BCUT2D eigenvalue weighted by molar-refractivity contribution is 4.47. The van der Waals surface area contributed by atoms with Crippen molar-refractivity contribution < 1.29 is 4.65 Å². The van der Waals surface area contributed by atoms with Crippen LogP contribution in [0.3, 0.4) is 0 Å². The van der Waals surface area contributed by atoms with Crippen LogP contribution in [-0.2, 0) is 0 Å². The smallest absolute Gasteiger partial charge is 0.0779 e. The molecule has 0 aromatic rings. The van der Waals surface area contributed by atoms with Gasteiger partial charge in [-0.15, -0.1) is 0 Å². The van der Waals surface area contributed by atoms with Crippen molar-refractivity contribution in [3.8, 4) is 0 Å². The number of hydrogen-bond acceptors (Lipinski definition) is 2. The van der Waals surface area contributed by atoms with Crippen LogP contribution >= 0.6 is 0 Å². The summed E-state index contributed by atoms with van der Waals surface area (Å²) in [5.41, 5.74) is 0. The van der Waals surface area contributed by atoms with Crippen LogP contribution in [0, 0.1) is 5.21 Å². The van der Waals surface area contributed by atoms with Crippen molar-refractivity contribution in [1.82, 2.24) is 6.15 Å². The lowest BCUT2D eigenvalue weighted by molar-refractivity contribution is -0.840. The molecule has 0 aromatic heterocycles. The van der Waals surface area contributed by atoms with Crippen LogP contribution in [0.2, 0.25) is 0 Å². The Morgan fingerprint density at radius 2 is 1.06 bits per heavy atom. The number of rotatable bonds is 11. The molecule has 0 aliphatic rings. The largest absolute Gasteiger partial charge is 0.633 e. The van der Waals surface area contributed by atoms with E-state index in [4.69, 9.17) is 0 Å². The third kappa shape index (κ3) is 18.4. The Bertz CT molecular complexity index is 144. The number of nitrogens with zero attached hydrogens (tertiary/aromatic N) is 1. The normalized spacial score (nSPS) is 11.3. The average molecular weight is 246 g/mol. The van der Waals surface area contributed by atoms with Crippen LogP contribution in [0.1, 0.15) is 71.1 Å². The topological polar surface area (TPSA) is 58.1 Å². The molecule has 0 amide bonds. The van der Waals surface area contributed by atoms with Gasteiger partial charge in [-0.3, -0.25) is 0 Å². The van der Waals surface area contributed by atoms with Gasteiger partial charge in [-0.25, -0.2) is 0 Å². The van der Waals surface area contributed by atoms with E-state index in [0.29, 0.717) is 0 Å². The summed E-state index contributed by atoms with van der Waals surface area (Å²) in [6, 6.07) is 0. The molecule has 0 spiro atoms. The molecule has 0 atom stereocenters. The monoisotopic (exact) mass is 246 g/mol.